The van der Waals surface area contributed by atoms with Crippen LogP contribution in [0.4, 0.5) is 0 Å². The Kier molecular flexibility index (Phi) is 3.40. The van der Waals surface area contributed by atoms with Gasteiger partial charge in [0.25, 0.3) is 0 Å². The standard InChI is InChI=1S/C14H15NO2/c1-2-10-3-5-11(6-4-10)14(17)12-7-8-15-9-13(12)16/h3-9,14,16-17H,2H2,1H3/t14-/m0/s1. The van der Waals surface area contributed by atoms with Crippen molar-refractivity contribution in [2.45, 2.75) is 19.4 Å². The van der Waals surface area contributed by atoms with Crippen LogP contribution in [0.5, 0.6) is 5.75 Å². The first-order chi connectivity index (χ1) is 8.22. The van der Waals surface area contributed by atoms with Gasteiger partial charge in [0.2, 0.25) is 0 Å². The number of aromatic hydroxyl groups is 1. The van der Waals surface area contributed by atoms with E-state index in [0.717, 1.165) is 12.0 Å². The van der Waals surface area contributed by atoms with E-state index >= 15 is 0 Å². The van der Waals surface area contributed by atoms with E-state index in [4.69, 9.17) is 0 Å². The van der Waals surface area contributed by atoms with Gasteiger partial charge in [0.15, 0.2) is 0 Å². The van der Waals surface area contributed by atoms with E-state index in [1.807, 2.05) is 24.3 Å². The van der Waals surface area contributed by atoms with Gasteiger partial charge >= 0.3 is 0 Å². The van der Waals surface area contributed by atoms with Crippen LogP contribution in [-0.4, -0.2) is 15.2 Å². The fourth-order valence-electron chi connectivity index (χ4n) is 1.74. The van der Waals surface area contributed by atoms with Crippen molar-refractivity contribution in [3.63, 3.8) is 0 Å². The summed E-state index contributed by atoms with van der Waals surface area (Å²) in [6.45, 7) is 2.08. The molecule has 1 aromatic heterocycles. The number of pyridine rings is 1. The molecular weight excluding hydrogens is 214 g/mol. The number of aliphatic hydroxyl groups is 1. The molecule has 3 heteroatoms. The van der Waals surface area contributed by atoms with Gasteiger partial charge in [0.1, 0.15) is 11.9 Å². The van der Waals surface area contributed by atoms with Crippen molar-refractivity contribution in [2.75, 3.05) is 0 Å². The molecule has 2 aromatic rings. The van der Waals surface area contributed by atoms with Crippen molar-refractivity contribution >= 4 is 0 Å². The lowest BCUT2D eigenvalue weighted by atomic mass is 10.0. The molecule has 0 aliphatic rings. The first kappa shape index (κ1) is 11.6. The molecule has 2 N–H and O–H groups in total. The Morgan fingerprint density at radius 1 is 1.18 bits per heavy atom. The van der Waals surface area contributed by atoms with E-state index in [9.17, 15) is 10.2 Å². The van der Waals surface area contributed by atoms with Crippen molar-refractivity contribution in [3.05, 3.63) is 59.4 Å². The van der Waals surface area contributed by atoms with Gasteiger partial charge in [-0.05, 0) is 23.6 Å². The lowest BCUT2D eigenvalue weighted by molar-refractivity contribution is 0.215. The Balaban J connectivity index is 2.30. The predicted molar refractivity (Wildman–Crippen MR) is 65.8 cm³/mol. The zero-order chi connectivity index (χ0) is 12.3. The molecular formula is C14H15NO2. The molecule has 0 fully saturated rings. The van der Waals surface area contributed by atoms with Gasteiger partial charge in [-0.2, -0.15) is 0 Å². The topological polar surface area (TPSA) is 53.4 Å². The number of nitrogens with zero attached hydrogens (tertiary/aromatic N) is 1. The molecule has 0 amide bonds. The largest absolute Gasteiger partial charge is 0.506 e. The quantitative estimate of drug-likeness (QED) is 0.849. The number of benzene rings is 1. The fraction of sp³-hybridized carbons (Fsp3) is 0.214. The summed E-state index contributed by atoms with van der Waals surface area (Å²) < 4.78 is 0. The first-order valence-corrected chi connectivity index (χ1v) is 5.62. The molecule has 0 saturated heterocycles. The van der Waals surface area contributed by atoms with Crippen LogP contribution in [0.1, 0.15) is 29.7 Å². The van der Waals surface area contributed by atoms with Crippen molar-refractivity contribution in [2.24, 2.45) is 0 Å². The van der Waals surface area contributed by atoms with Gasteiger partial charge in [-0.1, -0.05) is 31.2 Å². The maximum absolute atomic E-state index is 10.1. The van der Waals surface area contributed by atoms with Crippen molar-refractivity contribution < 1.29 is 10.2 Å². The Labute approximate surface area is 100 Å². The normalized spacial score (nSPS) is 12.4. The number of hydrogen-bond acceptors (Lipinski definition) is 3. The second-order valence-electron chi connectivity index (χ2n) is 3.93. The number of aryl methyl sites for hydroxylation is 1. The lowest BCUT2D eigenvalue weighted by Gasteiger charge is -2.12. The van der Waals surface area contributed by atoms with Crippen LogP contribution in [0.25, 0.3) is 0 Å². The molecule has 0 saturated carbocycles. The average Bonchev–Trinajstić information content (AvgIpc) is 2.39. The fourth-order valence-corrected chi connectivity index (χ4v) is 1.74. The molecule has 0 aliphatic carbocycles. The number of rotatable bonds is 3. The Morgan fingerprint density at radius 2 is 1.88 bits per heavy atom. The summed E-state index contributed by atoms with van der Waals surface area (Å²) in [4.78, 5) is 3.79. The second kappa shape index (κ2) is 4.97. The minimum Gasteiger partial charge on any atom is -0.506 e. The summed E-state index contributed by atoms with van der Waals surface area (Å²) in [5, 5.41) is 19.8. The summed E-state index contributed by atoms with van der Waals surface area (Å²) in [5.74, 6) is 0.0135. The van der Waals surface area contributed by atoms with E-state index < -0.39 is 6.10 Å². The van der Waals surface area contributed by atoms with E-state index in [2.05, 4.69) is 11.9 Å². The molecule has 88 valence electrons. The van der Waals surface area contributed by atoms with E-state index in [1.165, 1.54) is 11.8 Å². The van der Waals surface area contributed by atoms with Crippen molar-refractivity contribution in [3.8, 4) is 5.75 Å². The third kappa shape index (κ3) is 2.45. The van der Waals surface area contributed by atoms with Crippen LogP contribution in [0.2, 0.25) is 0 Å². The van der Waals surface area contributed by atoms with Gasteiger partial charge < -0.3 is 10.2 Å². The monoisotopic (exact) mass is 229 g/mol. The maximum atomic E-state index is 10.1. The van der Waals surface area contributed by atoms with Crippen LogP contribution < -0.4 is 0 Å². The van der Waals surface area contributed by atoms with Gasteiger partial charge in [-0.3, -0.25) is 4.98 Å². The second-order valence-corrected chi connectivity index (χ2v) is 3.93. The molecule has 1 heterocycles. The minimum absolute atomic E-state index is 0.0135. The molecule has 0 aliphatic heterocycles. The van der Waals surface area contributed by atoms with E-state index in [1.54, 1.807) is 12.3 Å². The zero-order valence-electron chi connectivity index (χ0n) is 9.67. The Morgan fingerprint density at radius 3 is 2.47 bits per heavy atom. The van der Waals surface area contributed by atoms with E-state index in [-0.39, 0.29) is 5.75 Å². The highest BCUT2D eigenvalue weighted by Gasteiger charge is 2.13. The average molecular weight is 229 g/mol. The highest BCUT2D eigenvalue weighted by molar-refractivity contribution is 5.37. The van der Waals surface area contributed by atoms with Crippen LogP contribution in [-0.2, 0) is 6.42 Å². The summed E-state index contributed by atoms with van der Waals surface area (Å²) in [7, 11) is 0. The molecule has 0 bridgehead atoms. The maximum Gasteiger partial charge on any atom is 0.140 e. The third-order valence-electron chi connectivity index (χ3n) is 2.83. The summed E-state index contributed by atoms with van der Waals surface area (Å²) in [6.07, 6.45) is 3.04. The minimum atomic E-state index is -0.816. The molecule has 1 aromatic carbocycles. The molecule has 2 rings (SSSR count). The molecule has 0 spiro atoms. The smallest absolute Gasteiger partial charge is 0.140 e. The molecule has 0 radical (unpaired) electrons. The predicted octanol–water partition coefficient (Wildman–Crippen LogP) is 2.43. The highest BCUT2D eigenvalue weighted by atomic mass is 16.3. The molecule has 3 nitrogen and oxygen atoms in total. The number of hydrogen-bond donors (Lipinski definition) is 2. The van der Waals surface area contributed by atoms with Gasteiger partial charge in [-0.25, -0.2) is 0 Å². The third-order valence-corrected chi connectivity index (χ3v) is 2.83. The van der Waals surface area contributed by atoms with Gasteiger partial charge in [0.05, 0.1) is 6.20 Å². The van der Waals surface area contributed by atoms with Crippen LogP contribution in [0, 0.1) is 0 Å². The number of aliphatic hydroxyl groups excluding tert-OH is 1. The highest BCUT2D eigenvalue weighted by Crippen LogP contribution is 2.28. The molecule has 1 atom stereocenters. The molecule has 17 heavy (non-hydrogen) atoms. The Hall–Kier alpha value is -1.87. The zero-order valence-corrected chi connectivity index (χ0v) is 9.67. The number of aromatic nitrogens is 1. The van der Waals surface area contributed by atoms with Crippen molar-refractivity contribution in [1.29, 1.82) is 0 Å². The Bertz CT molecular complexity index is 494. The van der Waals surface area contributed by atoms with E-state index in [0.29, 0.717) is 5.56 Å². The summed E-state index contributed by atoms with van der Waals surface area (Å²) in [5.41, 5.74) is 2.47. The van der Waals surface area contributed by atoms with Crippen LogP contribution in [0.15, 0.2) is 42.7 Å². The summed E-state index contributed by atoms with van der Waals surface area (Å²) in [6, 6.07) is 9.34. The SMILES string of the molecule is CCc1ccc([C@H](O)c2ccncc2O)cc1. The van der Waals surface area contributed by atoms with Crippen LogP contribution in [0.3, 0.4) is 0 Å². The van der Waals surface area contributed by atoms with Gasteiger partial charge in [0, 0.05) is 11.8 Å². The first-order valence-electron chi connectivity index (χ1n) is 5.62. The van der Waals surface area contributed by atoms with Crippen molar-refractivity contribution in [1.82, 2.24) is 4.98 Å². The van der Waals surface area contributed by atoms with Gasteiger partial charge in [-0.15, -0.1) is 0 Å². The van der Waals surface area contributed by atoms with Crippen LogP contribution >= 0.6 is 0 Å². The summed E-state index contributed by atoms with van der Waals surface area (Å²) >= 11 is 0. The molecule has 0 unspecified atom stereocenters. The lowest BCUT2D eigenvalue weighted by Crippen LogP contribution is -2.00.